The van der Waals surface area contributed by atoms with E-state index in [0.29, 0.717) is 5.69 Å². The predicted octanol–water partition coefficient (Wildman–Crippen LogP) is 4.43. The number of allylic oxidation sites excluding steroid dienone is 1. The minimum atomic E-state index is -0.855. The summed E-state index contributed by atoms with van der Waals surface area (Å²) in [5.74, 6) is -2.22. The number of anilines is 2. The Morgan fingerprint density at radius 3 is 2.47 bits per heavy atom. The Hall–Kier alpha value is -3.74. The van der Waals surface area contributed by atoms with E-state index >= 15 is 4.39 Å². The normalized spacial score (nSPS) is 19.1. The summed E-state index contributed by atoms with van der Waals surface area (Å²) in [4.78, 5) is 40.8. The van der Waals surface area contributed by atoms with E-state index in [4.69, 9.17) is 0 Å². The summed E-state index contributed by atoms with van der Waals surface area (Å²) in [5.41, 5.74) is 3.20. The van der Waals surface area contributed by atoms with Crippen molar-refractivity contribution in [3.05, 3.63) is 70.6 Å². The highest BCUT2D eigenvalue weighted by molar-refractivity contribution is 6.39. The highest BCUT2D eigenvalue weighted by atomic mass is 19.1. The van der Waals surface area contributed by atoms with E-state index < -0.39 is 23.7 Å². The van der Waals surface area contributed by atoms with Crippen LogP contribution in [-0.4, -0.2) is 30.4 Å². The van der Waals surface area contributed by atoms with Gasteiger partial charge in [-0.05, 0) is 69.2 Å². The van der Waals surface area contributed by atoms with E-state index in [2.05, 4.69) is 11.4 Å². The second-order valence-electron chi connectivity index (χ2n) is 8.73. The van der Waals surface area contributed by atoms with Crippen LogP contribution in [0.15, 0.2) is 48.0 Å². The summed E-state index contributed by atoms with van der Waals surface area (Å²) in [6.07, 6.45) is 3.29. The number of imide groups is 2. The van der Waals surface area contributed by atoms with Gasteiger partial charge in [0, 0.05) is 23.9 Å². The van der Waals surface area contributed by atoms with Crippen molar-refractivity contribution in [2.24, 2.45) is 0 Å². The molecule has 4 amide bonds. The molecule has 0 unspecified atom stereocenters. The minimum Gasteiger partial charge on any atom is -0.365 e. The first kappa shape index (κ1) is 21.5. The maximum absolute atomic E-state index is 15.1. The molecule has 4 rings (SSSR count). The lowest BCUT2D eigenvalue weighted by atomic mass is 9.88. The topological polar surface area (TPSA) is 69.7 Å². The molecule has 0 bridgehead atoms. The number of likely N-dealkylation sites (N-methyl/N-ethyl adjacent to an activating group) is 1. The lowest BCUT2D eigenvalue weighted by Crippen LogP contribution is -2.54. The number of carbonyl (C=O) groups is 3. The quantitative estimate of drug-likeness (QED) is 0.562. The van der Waals surface area contributed by atoms with Crippen LogP contribution in [0.3, 0.4) is 0 Å². The Balaban J connectivity index is 1.80. The fraction of sp³-hybridized carbons (Fsp3) is 0.240. The van der Waals surface area contributed by atoms with Crippen molar-refractivity contribution in [2.45, 2.75) is 33.2 Å². The van der Waals surface area contributed by atoms with Gasteiger partial charge in [-0.15, -0.1) is 0 Å². The SMILES string of the molecule is CC1=CC(C)(C)N(C)c2cc(F)c(/C=C3/C(=O)NC(=O)N(c4cccc(C)c4)C3=O)cc21. The third-order valence-electron chi connectivity index (χ3n) is 6.00. The summed E-state index contributed by atoms with van der Waals surface area (Å²) < 4.78 is 15.1. The zero-order chi connectivity index (χ0) is 23.4. The van der Waals surface area contributed by atoms with Crippen LogP contribution in [0.2, 0.25) is 0 Å². The number of benzene rings is 2. The zero-order valence-electron chi connectivity index (χ0n) is 18.6. The fourth-order valence-corrected chi connectivity index (χ4v) is 4.11. The molecule has 0 aliphatic carbocycles. The third kappa shape index (κ3) is 3.49. The van der Waals surface area contributed by atoms with Crippen LogP contribution in [0.4, 0.5) is 20.6 Å². The number of hydrogen-bond acceptors (Lipinski definition) is 4. The van der Waals surface area contributed by atoms with E-state index in [0.717, 1.165) is 27.3 Å². The van der Waals surface area contributed by atoms with E-state index in [-0.39, 0.29) is 16.7 Å². The van der Waals surface area contributed by atoms with Crippen LogP contribution in [0, 0.1) is 12.7 Å². The number of amides is 4. The molecule has 0 aromatic heterocycles. The predicted molar refractivity (Wildman–Crippen MR) is 123 cm³/mol. The van der Waals surface area contributed by atoms with Crippen LogP contribution in [0.25, 0.3) is 11.6 Å². The Labute approximate surface area is 186 Å². The number of nitrogens with one attached hydrogen (secondary N) is 1. The number of aryl methyl sites for hydroxylation is 1. The van der Waals surface area contributed by atoms with Gasteiger partial charge in [0.15, 0.2) is 0 Å². The number of fused-ring (bicyclic) bond motifs is 1. The van der Waals surface area contributed by atoms with Gasteiger partial charge in [-0.25, -0.2) is 14.1 Å². The van der Waals surface area contributed by atoms with Gasteiger partial charge < -0.3 is 4.90 Å². The fourth-order valence-electron chi connectivity index (χ4n) is 4.11. The van der Waals surface area contributed by atoms with Crippen LogP contribution < -0.4 is 15.1 Å². The Bertz CT molecular complexity index is 1240. The molecule has 2 aliphatic heterocycles. The first-order valence-electron chi connectivity index (χ1n) is 10.2. The van der Waals surface area contributed by atoms with Crippen molar-refractivity contribution in [3.63, 3.8) is 0 Å². The molecular formula is C25H24FN3O3. The van der Waals surface area contributed by atoms with Gasteiger partial charge in [0.25, 0.3) is 11.8 Å². The average molecular weight is 433 g/mol. The molecular weight excluding hydrogens is 409 g/mol. The lowest BCUT2D eigenvalue weighted by molar-refractivity contribution is -0.122. The molecule has 7 heteroatoms. The highest BCUT2D eigenvalue weighted by Gasteiger charge is 2.37. The number of hydrogen-bond donors (Lipinski definition) is 1. The van der Waals surface area contributed by atoms with Gasteiger partial charge in [-0.3, -0.25) is 14.9 Å². The zero-order valence-corrected chi connectivity index (χ0v) is 18.6. The van der Waals surface area contributed by atoms with Gasteiger partial charge >= 0.3 is 6.03 Å². The van der Waals surface area contributed by atoms with Crippen molar-refractivity contribution in [1.29, 1.82) is 0 Å². The number of urea groups is 1. The maximum atomic E-state index is 15.1. The molecule has 0 atom stereocenters. The summed E-state index contributed by atoms with van der Waals surface area (Å²) in [6, 6.07) is 9.00. The molecule has 2 aliphatic rings. The molecule has 1 saturated heterocycles. The molecule has 2 aromatic rings. The minimum absolute atomic E-state index is 0.0987. The van der Waals surface area contributed by atoms with Gasteiger partial charge in [0.2, 0.25) is 0 Å². The molecule has 0 saturated carbocycles. The van der Waals surface area contributed by atoms with Crippen molar-refractivity contribution in [1.82, 2.24) is 5.32 Å². The summed E-state index contributed by atoms with van der Waals surface area (Å²) in [7, 11) is 1.89. The molecule has 0 spiro atoms. The largest absolute Gasteiger partial charge is 0.365 e. The summed E-state index contributed by atoms with van der Waals surface area (Å²) in [5, 5.41) is 2.17. The molecule has 1 N–H and O–H groups in total. The molecule has 1 fully saturated rings. The van der Waals surface area contributed by atoms with Crippen LogP contribution in [0.1, 0.15) is 37.5 Å². The van der Waals surface area contributed by atoms with Crippen molar-refractivity contribution < 1.29 is 18.8 Å². The van der Waals surface area contributed by atoms with Crippen LogP contribution >= 0.6 is 0 Å². The summed E-state index contributed by atoms with van der Waals surface area (Å²) >= 11 is 0. The van der Waals surface area contributed by atoms with Crippen molar-refractivity contribution in [2.75, 3.05) is 16.8 Å². The lowest BCUT2D eigenvalue weighted by Gasteiger charge is -2.40. The average Bonchev–Trinajstić information content (AvgIpc) is 2.69. The monoisotopic (exact) mass is 433 g/mol. The standard InChI is InChI=1S/C25H24FN3O3/c1-14-7-6-8-17(9-14)29-23(31)19(22(30)27-24(29)32)11-16-10-18-15(2)13-25(3,4)28(5)21(18)12-20(16)26/h6-13H,1-5H3,(H,27,30,32)/b19-11-. The number of nitrogens with zero attached hydrogens (tertiary/aromatic N) is 2. The number of rotatable bonds is 2. The smallest absolute Gasteiger partial charge is 0.335 e. The molecule has 2 heterocycles. The Morgan fingerprint density at radius 2 is 1.78 bits per heavy atom. The first-order valence-corrected chi connectivity index (χ1v) is 10.2. The highest BCUT2D eigenvalue weighted by Crippen LogP contribution is 2.39. The molecule has 32 heavy (non-hydrogen) atoms. The number of halogens is 1. The van der Waals surface area contributed by atoms with Gasteiger partial charge in [-0.2, -0.15) is 0 Å². The van der Waals surface area contributed by atoms with E-state index in [1.165, 1.54) is 12.1 Å². The van der Waals surface area contributed by atoms with Gasteiger partial charge in [-0.1, -0.05) is 18.2 Å². The molecule has 2 aromatic carbocycles. The first-order chi connectivity index (χ1) is 15.0. The van der Waals surface area contributed by atoms with Gasteiger partial charge in [0.1, 0.15) is 11.4 Å². The summed E-state index contributed by atoms with van der Waals surface area (Å²) in [6.45, 7) is 7.84. The maximum Gasteiger partial charge on any atom is 0.335 e. The van der Waals surface area contributed by atoms with E-state index in [1.54, 1.807) is 24.3 Å². The molecule has 164 valence electrons. The van der Waals surface area contributed by atoms with E-state index in [1.807, 2.05) is 45.7 Å². The van der Waals surface area contributed by atoms with Crippen LogP contribution in [-0.2, 0) is 9.59 Å². The number of barbiturate groups is 1. The molecule has 6 nitrogen and oxygen atoms in total. The molecule has 0 radical (unpaired) electrons. The Morgan fingerprint density at radius 1 is 1.06 bits per heavy atom. The second kappa shape index (κ2) is 7.44. The van der Waals surface area contributed by atoms with Gasteiger partial charge in [0.05, 0.1) is 11.2 Å². The third-order valence-corrected chi connectivity index (χ3v) is 6.00. The van der Waals surface area contributed by atoms with Crippen LogP contribution in [0.5, 0.6) is 0 Å². The Kier molecular flexibility index (Phi) is 5.00. The number of carbonyl (C=O) groups excluding carboxylic acids is 3. The van der Waals surface area contributed by atoms with Crippen molar-refractivity contribution >= 4 is 40.9 Å². The van der Waals surface area contributed by atoms with E-state index in [9.17, 15) is 14.4 Å². The second-order valence-corrected chi connectivity index (χ2v) is 8.73. The van der Waals surface area contributed by atoms with Crippen molar-refractivity contribution in [3.8, 4) is 0 Å².